The Morgan fingerprint density at radius 1 is 1.00 bits per heavy atom. The fourth-order valence-corrected chi connectivity index (χ4v) is 4.80. The number of likely N-dealkylation sites (tertiary alicyclic amines) is 1. The van der Waals surface area contributed by atoms with Crippen LogP contribution in [0.3, 0.4) is 0 Å². The van der Waals surface area contributed by atoms with E-state index >= 15 is 0 Å². The summed E-state index contributed by atoms with van der Waals surface area (Å²) < 4.78 is 5.51. The maximum absolute atomic E-state index is 12.8. The first-order valence-corrected chi connectivity index (χ1v) is 11.8. The Morgan fingerprint density at radius 2 is 1.73 bits per heavy atom. The molecule has 0 aliphatic carbocycles. The number of hydrogen-bond acceptors (Lipinski definition) is 5. The third-order valence-electron chi connectivity index (χ3n) is 6.67. The number of urea groups is 1. The molecule has 0 bridgehead atoms. The monoisotopic (exact) mass is 450 g/mol. The molecule has 4 rings (SSSR count). The summed E-state index contributed by atoms with van der Waals surface area (Å²) in [6.45, 7) is 5.35. The van der Waals surface area contributed by atoms with E-state index < -0.39 is 0 Å². The lowest BCUT2D eigenvalue weighted by molar-refractivity contribution is -0.116. The van der Waals surface area contributed by atoms with Gasteiger partial charge in [0.25, 0.3) is 0 Å². The molecular weight excluding hydrogens is 416 g/mol. The van der Waals surface area contributed by atoms with Gasteiger partial charge in [0.1, 0.15) is 11.5 Å². The molecule has 0 spiro atoms. The Morgan fingerprint density at radius 3 is 2.42 bits per heavy atom. The van der Waals surface area contributed by atoms with Crippen molar-refractivity contribution in [1.82, 2.24) is 10.2 Å². The van der Waals surface area contributed by atoms with Crippen LogP contribution in [0.2, 0.25) is 0 Å². The van der Waals surface area contributed by atoms with Crippen LogP contribution in [-0.4, -0.2) is 62.6 Å². The van der Waals surface area contributed by atoms with E-state index in [4.69, 9.17) is 4.74 Å². The summed E-state index contributed by atoms with van der Waals surface area (Å²) in [5.41, 5.74) is 3.18. The van der Waals surface area contributed by atoms with Crippen LogP contribution >= 0.6 is 0 Å². The van der Waals surface area contributed by atoms with E-state index in [1.807, 2.05) is 35.2 Å². The van der Waals surface area contributed by atoms with E-state index in [9.17, 15) is 9.59 Å². The number of nitrogens with zero attached hydrogens (tertiary/aromatic N) is 2. The Hall–Kier alpha value is -3.06. The van der Waals surface area contributed by atoms with Crippen molar-refractivity contribution in [3.63, 3.8) is 0 Å². The van der Waals surface area contributed by atoms with Crippen LogP contribution < -0.4 is 20.3 Å². The number of Topliss-reactive ketones (excluding diaryl/α,β-unsaturated/α-hetero) is 1. The Labute approximate surface area is 196 Å². The summed E-state index contributed by atoms with van der Waals surface area (Å²) in [6, 6.07) is 16.5. The molecule has 0 radical (unpaired) electrons. The van der Waals surface area contributed by atoms with Crippen molar-refractivity contribution in [2.75, 3.05) is 50.1 Å². The van der Waals surface area contributed by atoms with E-state index in [0.29, 0.717) is 18.5 Å². The van der Waals surface area contributed by atoms with Gasteiger partial charge >= 0.3 is 6.03 Å². The molecular formula is C26H34N4O3. The van der Waals surface area contributed by atoms with Gasteiger partial charge in [-0.25, -0.2) is 4.79 Å². The molecule has 7 nitrogen and oxygen atoms in total. The first kappa shape index (κ1) is 23.1. The van der Waals surface area contributed by atoms with E-state index in [0.717, 1.165) is 62.6 Å². The largest absolute Gasteiger partial charge is 0.496 e. The average molecular weight is 451 g/mol. The van der Waals surface area contributed by atoms with E-state index in [2.05, 4.69) is 33.7 Å². The van der Waals surface area contributed by atoms with Crippen LogP contribution in [0.1, 0.15) is 37.7 Å². The molecule has 1 unspecified atom stereocenters. The first-order valence-electron chi connectivity index (χ1n) is 11.8. The van der Waals surface area contributed by atoms with Gasteiger partial charge in [0, 0.05) is 43.6 Å². The first-order chi connectivity index (χ1) is 16.0. The van der Waals surface area contributed by atoms with Gasteiger partial charge in [0.15, 0.2) is 0 Å². The zero-order valence-corrected chi connectivity index (χ0v) is 19.5. The van der Waals surface area contributed by atoms with Gasteiger partial charge in [-0.05, 0) is 68.0 Å². The highest BCUT2D eigenvalue weighted by Crippen LogP contribution is 2.34. The average Bonchev–Trinajstić information content (AvgIpc) is 3.32. The minimum Gasteiger partial charge on any atom is -0.496 e. The highest BCUT2D eigenvalue weighted by molar-refractivity contribution is 5.89. The molecule has 0 saturated carbocycles. The third-order valence-corrected chi connectivity index (χ3v) is 6.67. The maximum Gasteiger partial charge on any atom is 0.321 e. The third kappa shape index (κ3) is 5.85. The molecule has 176 valence electrons. The SMILES string of the molecule is COc1ccccc1C1CCN(C(=O)Nc2ccc(N3CCC(NCC(C)=O)C3)cc2)CC1. The normalized spacial score (nSPS) is 18.9. The van der Waals surface area contributed by atoms with Gasteiger partial charge < -0.3 is 25.2 Å². The number of rotatable bonds is 7. The number of carbonyl (C=O) groups excluding carboxylic acids is 2. The number of carbonyl (C=O) groups is 2. The number of ketones is 1. The fourth-order valence-electron chi connectivity index (χ4n) is 4.80. The van der Waals surface area contributed by atoms with Crippen molar-refractivity contribution in [3.05, 3.63) is 54.1 Å². The summed E-state index contributed by atoms with van der Waals surface area (Å²) in [6.07, 6.45) is 2.89. The second kappa shape index (κ2) is 10.7. The topological polar surface area (TPSA) is 73.9 Å². The standard InChI is InChI=1S/C26H34N4O3/c1-19(31)17-27-22-13-16-30(18-22)23-9-7-21(8-10-23)28-26(32)29-14-11-20(12-15-29)24-5-3-4-6-25(24)33-2/h3-10,20,22,27H,11-18H2,1-2H3,(H,28,32). The van der Waals surface area contributed by atoms with Crippen LogP contribution in [0.4, 0.5) is 16.2 Å². The van der Waals surface area contributed by atoms with Crippen LogP contribution in [-0.2, 0) is 4.79 Å². The maximum atomic E-state index is 12.8. The second-order valence-electron chi connectivity index (χ2n) is 8.99. The van der Waals surface area contributed by atoms with Crippen molar-refractivity contribution in [1.29, 1.82) is 0 Å². The molecule has 2 heterocycles. The van der Waals surface area contributed by atoms with Crippen LogP contribution in [0, 0.1) is 0 Å². The van der Waals surface area contributed by atoms with Gasteiger partial charge in [-0.3, -0.25) is 4.79 Å². The van der Waals surface area contributed by atoms with Crippen molar-refractivity contribution >= 4 is 23.2 Å². The molecule has 2 saturated heterocycles. The van der Waals surface area contributed by atoms with Gasteiger partial charge in [0.05, 0.1) is 13.7 Å². The van der Waals surface area contributed by atoms with Crippen LogP contribution in [0.5, 0.6) is 5.75 Å². The fraction of sp³-hybridized carbons (Fsp3) is 0.462. The smallest absolute Gasteiger partial charge is 0.321 e. The lowest BCUT2D eigenvalue weighted by atomic mass is 9.89. The number of hydrogen-bond donors (Lipinski definition) is 2. The van der Waals surface area contributed by atoms with Crippen LogP contribution in [0.15, 0.2) is 48.5 Å². The summed E-state index contributed by atoms with van der Waals surface area (Å²) in [5, 5.41) is 6.36. The van der Waals surface area contributed by atoms with E-state index in [1.54, 1.807) is 14.0 Å². The second-order valence-corrected chi connectivity index (χ2v) is 8.99. The van der Waals surface area contributed by atoms with Gasteiger partial charge in [-0.1, -0.05) is 18.2 Å². The van der Waals surface area contributed by atoms with Crippen LogP contribution in [0.25, 0.3) is 0 Å². The highest BCUT2D eigenvalue weighted by Gasteiger charge is 2.26. The predicted octanol–water partition coefficient (Wildman–Crippen LogP) is 3.86. The van der Waals surface area contributed by atoms with Gasteiger partial charge in [-0.2, -0.15) is 0 Å². The van der Waals surface area contributed by atoms with Crippen molar-refractivity contribution in [2.24, 2.45) is 0 Å². The summed E-state index contributed by atoms with van der Waals surface area (Å²) in [5.74, 6) is 1.51. The number of methoxy groups -OCH3 is 1. The predicted molar refractivity (Wildman–Crippen MR) is 131 cm³/mol. The molecule has 2 N–H and O–H groups in total. The summed E-state index contributed by atoms with van der Waals surface area (Å²) in [4.78, 5) is 28.2. The van der Waals surface area contributed by atoms with Crippen molar-refractivity contribution in [3.8, 4) is 5.75 Å². The van der Waals surface area contributed by atoms with E-state index in [-0.39, 0.29) is 11.8 Å². The Kier molecular flexibility index (Phi) is 7.50. The zero-order chi connectivity index (χ0) is 23.2. The molecule has 2 aromatic carbocycles. The number of benzene rings is 2. The lowest BCUT2D eigenvalue weighted by Gasteiger charge is -2.32. The molecule has 2 aliphatic rings. The molecule has 2 aliphatic heterocycles. The summed E-state index contributed by atoms with van der Waals surface area (Å²) >= 11 is 0. The van der Waals surface area contributed by atoms with E-state index in [1.165, 1.54) is 5.56 Å². The molecule has 2 fully saturated rings. The number of amides is 2. The zero-order valence-electron chi connectivity index (χ0n) is 19.5. The minimum absolute atomic E-state index is 0.0455. The molecule has 1 atom stereocenters. The quantitative estimate of drug-likeness (QED) is 0.670. The number of anilines is 2. The van der Waals surface area contributed by atoms with Gasteiger partial charge in [0.2, 0.25) is 0 Å². The highest BCUT2D eigenvalue weighted by atomic mass is 16.5. The van der Waals surface area contributed by atoms with Crippen molar-refractivity contribution < 1.29 is 14.3 Å². The Balaban J connectivity index is 1.26. The Bertz CT molecular complexity index is 954. The van der Waals surface area contributed by atoms with Gasteiger partial charge in [-0.15, -0.1) is 0 Å². The number of ether oxygens (including phenoxy) is 1. The summed E-state index contributed by atoms with van der Waals surface area (Å²) in [7, 11) is 1.71. The molecule has 2 aromatic rings. The minimum atomic E-state index is -0.0455. The molecule has 33 heavy (non-hydrogen) atoms. The molecule has 0 aromatic heterocycles. The lowest BCUT2D eigenvalue weighted by Crippen LogP contribution is -2.40. The molecule has 2 amide bonds. The van der Waals surface area contributed by atoms with Crippen molar-refractivity contribution in [2.45, 2.75) is 38.1 Å². The number of nitrogens with one attached hydrogen (secondary N) is 2. The number of para-hydroxylation sites is 1. The number of piperidine rings is 1. The molecule has 7 heteroatoms.